The summed E-state index contributed by atoms with van der Waals surface area (Å²) in [4.78, 5) is 12.0. The van der Waals surface area contributed by atoms with E-state index in [0.717, 1.165) is 21.0 Å². The molecule has 1 aliphatic carbocycles. The third-order valence-corrected chi connectivity index (χ3v) is 6.49. The minimum absolute atomic E-state index is 0.0174. The molecule has 0 bridgehead atoms. The minimum Gasteiger partial charge on any atom is -0.422 e. The molecular formula is C26H19BrO2. The molecule has 0 spiro atoms. The van der Waals surface area contributed by atoms with Crippen molar-refractivity contribution in [1.29, 1.82) is 0 Å². The lowest BCUT2D eigenvalue weighted by molar-refractivity contribution is 0.557. The summed E-state index contributed by atoms with van der Waals surface area (Å²) in [6, 6.07) is 24.6. The van der Waals surface area contributed by atoms with E-state index in [2.05, 4.69) is 78.3 Å². The predicted molar refractivity (Wildman–Crippen MR) is 122 cm³/mol. The van der Waals surface area contributed by atoms with Crippen LogP contribution < -0.4 is 5.63 Å². The largest absolute Gasteiger partial charge is 0.422 e. The van der Waals surface area contributed by atoms with E-state index in [9.17, 15) is 4.79 Å². The number of benzene rings is 3. The molecule has 142 valence electrons. The molecule has 0 saturated heterocycles. The van der Waals surface area contributed by atoms with E-state index < -0.39 is 0 Å². The van der Waals surface area contributed by atoms with Crippen molar-refractivity contribution in [2.24, 2.45) is 0 Å². The predicted octanol–water partition coefficient (Wildman–Crippen LogP) is 6.82. The van der Waals surface area contributed by atoms with Gasteiger partial charge in [-0.25, -0.2) is 4.79 Å². The molecule has 0 radical (unpaired) electrons. The first-order valence-corrected chi connectivity index (χ1v) is 10.4. The molecule has 1 aliphatic rings. The molecule has 5 rings (SSSR count). The van der Waals surface area contributed by atoms with Crippen LogP contribution in [-0.2, 0) is 0 Å². The van der Waals surface area contributed by atoms with Crippen LogP contribution in [0.5, 0.6) is 0 Å². The zero-order valence-electron chi connectivity index (χ0n) is 16.2. The highest BCUT2D eigenvalue weighted by Crippen LogP contribution is 2.53. The molecule has 29 heavy (non-hydrogen) atoms. The van der Waals surface area contributed by atoms with Crippen molar-refractivity contribution in [2.45, 2.75) is 19.8 Å². The number of hydrogen-bond acceptors (Lipinski definition) is 2. The SMILES string of the molecule is Cc1ccc(C2=C(Br)c3ccc(C)cc3C2c2cccc3ccc(=O)oc23)cc1. The van der Waals surface area contributed by atoms with E-state index in [1.54, 1.807) is 0 Å². The average Bonchev–Trinajstić information content (AvgIpc) is 2.99. The number of hydrogen-bond donors (Lipinski definition) is 0. The lowest BCUT2D eigenvalue weighted by Gasteiger charge is -2.19. The summed E-state index contributed by atoms with van der Waals surface area (Å²) in [6.07, 6.45) is 0. The van der Waals surface area contributed by atoms with Crippen LogP contribution in [0.3, 0.4) is 0 Å². The summed E-state index contributed by atoms with van der Waals surface area (Å²) in [5.74, 6) is -0.0174. The summed E-state index contributed by atoms with van der Waals surface area (Å²) < 4.78 is 6.79. The molecule has 1 heterocycles. The standard InChI is InChI=1S/C26H19BrO2/c1-15-6-9-17(10-7-15)23-24(21-14-16(2)8-12-19(21)25(23)27)20-5-3-4-18-11-13-22(28)29-26(18)20/h3-14,24H,1-2H3. The Morgan fingerprint density at radius 3 is 2.38 bits per heavy atom. The van der Waals surface area contributed by atoms with Crippen molar-refractivity contribution in [2.75, 3.05) is 0 Å². The number of fused-ring (bicyclic) bond motifs is 2. The van der Waals surface area contributed by atoms with Gasteiger partial charge in [-0.15, -0.1) is 0 Å². The molecule has 0 amide bonds. The van der Waals surface area contributed by atoms with Crippen molar-refractivity contribution in [3.8, 4) is 0 Å². The van der Waals surface area contributed by atoms with Gasteiger partial charge in [0.25, 0.3) is 0 Å². The smallest absolute Gasteiger partial charge is 0.336 e. The molecule has 2 nitrogen and oxygen atoms in total. The molecule has 0 fully saturated rings. The van der Waals surface area contributed by atoms with Gasteiger partial charge < -0.3 is 4.42 Å². The molecule has 0 aliphatic heterocycles. The van der Waals surface area contributed by atoms with Gasteiger partial charge in [-0.1, -0.05) is 71.8 Å². The van der Waals surface area contributed by atoms with Crippen LogP contribution in [-0.4, -0.2) is 0 Å². The second-order valence-electron chi connectivity index (χ2n) is 7.64. The molecular weight excluding hydrogens is 424 g/mol. The number of rotatable bonds is 2. The van der Waals surface area contributed by atoms with Crippen LogP contribution in [0, 0.1) is 13.8 Å². The first-order valence-electron chi connectivity index (χ1n) is 9.63. The first-order chi connectivity index (χ1) is 14.0. The van der Waals surface area contributed by atoms with Gasteiger partial charge in [0.1, 0.15) is 5.58 Å². The fraction of sp³-hybridized carbons (Fsp3) is 0.115. The van der Waals surface area contributed by atoms with Gasteiger partial charge in [0, 0.05) is 27.4 Å². The molecule has 1 atom stereocenters. The van der Waals surface area contributed by atoms with E-state index in [0.29, 0.717) is 5.58 Å². The van der Waals surface area contributed by atoms with Crippen molar-refractivity contribution < 1.29 is 4.42 Å². The van der Waals surface area contributed by atoms with Gasteiger partial charge in [0.2, 0.25) is 0 Å². The molecule has 0 saturated carbocycles. The average molecular weight is 443 g/mol. The number of aryl methyl sites for hydroxylation is 2. The number of para-hydroxylation sites is 1. The van der Waals surface area contributed by atoms with Gasteiger partial charge in [0.05, 0.1) is 0 Å². The maximum atomic E-state index is 12.0. The van der Waals surface area contributed by atoms with E-state index >= 15 is 0 Å². The Morgan fingerprint density at radius 1 is 0.828 bits per heavy atom. The third kappa shape index (κ3) is 2.97. The molecule has 1 aromatic heterocycles. The Hall–Kier alpha value is -2.91. The van der Waals surface area contributed by atoms with Gasteiger partial charge in [-0.3, -0.25) is 0 Å². The highest BCUT2D eigenvalue weighted by atomic mass is 79.9. The molecule has 0 N–H and O–H groups in total. The van der Waals surface area contributed by atoms with Crippen LogP contribution in [0.1, 0.15) is 39.3 Å². The Bertz CT molecular complexity index is 1340. The Balaban J connectivity index is 1.84. The zero-order valence-corrected chi connectivity index (χ0v) is 17.8. The van der Waals surface area contributed by atoms with Crippen molar-refractivity contribution in [1.82, 2.24) is 0 Å². The van der Waals surface area contributed by atoms with Gasteiger partial charge in [-0.05, 0) is 58.1 Å². The number of halogens is 1. The van der Waals surface area contributed by atoms with Crippen LogP contribution in [0.15, 0.2) is 82.0 Å². The van der Waals surface area contributed by atoms with Crippen LogP contribution in [0.2, 0.25) is 0 Å². The van der Waals surface area contributed by atoms with E-state index in [4.69, 9.17) is 4.42 Å². The maximum absolute atomic E-state index is 12.0. The van der Waals surface area contributed by atoms with Gasteiger partial charge in [-0.2, -0.15) is 0 Å². The summed E-state index contributed by atoms with van der Waals surface area (Å²) in [7, 11) is 0. The second-order valence-corrected chi connectivity index (χ2v) is 8.43. The summed E-state index contributed by atoms with van der Waals surface area (Å²) in [5.41, 5.74) is 8.55. The fourth-order valence-corrected chi connectivity index (χ4v) is 5.06. The lowest BCUT2D eigenvalue weighted by Crippen LogP contribution is -2.04. The zero-order chi connectivity index (χ0) is 20.1. The highest BCUT2D eigenvalue weighted by Gasteiger charge is 2.34. The fourth-order valence-electron chi connectivity index (χ4n) is 4.24. The Morgan fingerprint density at radius 2 is 1.59 bits per heavy atom. The van der Waals surface area contributed by atoms with Crippen LogP contribution in [0.4, 0.5) is 0 Å². The van der Waals surface area contributed by atoms with Crippen molar-refractivity contribution in [3.05, 3.63) is 117 Å². The number of allylic oxidation sites excluding steroid dienone is 1. The topological polar surface area (TPSA) is 30.2 Å². The van der Waals surface area contributed by atoms with Crippen molar-refractivity contribution >= 4 is 37.0 Å². The summed E-state index contributed by atoms with van der Waals surface area (Å²) >= 11 is 3.89. The van der Waals surface area contributed by atoms with E-state index in [1.807, 2.05) is 18.2 Å². The Kier molecular flexibility index (Phi) is 4.29. The van der Waals surface area contributed by atoms with Gasteiger partial charge >= 0.3 is 5.63 Å². The summed E-state index contributed by atoms with van der Waals surface area (Å²) in [6.45, 7) is 4.20. The van der Waals surface area contributed by atoms with E-state index in [-0.39, 0.29) is 11.5 Å². The Labute approximate surface area is 177 Å². The van der Waals surface area contributed by atoms with Crippen molar-refractivity contribution in [3.63, 3.8) is 0 Å². The quantitative estimate of drug-likeness (QED) is 0.318. The normalized spacial score (nSPS) is 15.8. The molecule has 3 aromatic carbocycles. The third-order valence-electron chi connectivity index (χ3n) is 5.63. The minimum atomic E-state index is -0.327. The lowest BCUT2D eigenvalue weighted by atomic mass is 9.84. The second kappa shape index (κ2) is 6.85. The van der Waals surface area contributed by atoms with Crippen LogP contribution >= 0.6 is 15.9 Å². The first kappa shape index (κ1) is 18.1. The maximum Gasteiger partial charge on any atom is 0.336 e. The van der Waals surface area contributed by atoms with Gasteiger partial charge in [0.15, 0.2) is 0 Å². The van der Waals surface area contributed by atoms with Crippen LogP contribution in [0.25, 0.3) is 21.0 Å². The molecule has 3 heteroatoms. The van der Waals surface area contributed by atoms with E-state index in [1.165, 1.54) is 33.9 Å². The monoisotopic (exact) mass is 442 g/mol. The summed E-state index contributed by atoms with van der Waals surface area (Å²) in [5, 5.41) is 0.933. The highest BCUT2D eigenvalue weighted by molar-refractivity contribution is 9.15. The molecule has 4 aromatic rings. The molecule has 1 unspecified atom stereocenters.